The third kappa shape index (κ3) is 5.11. The highest BCUT2D eigenvalue weighted by atomic mass is 16.6. The van der Waals surface area contributed by atoms with Gasteiger partial charge in [0.05, 0.1) is 24.5 Å². The predicted molar refractivity (Wildman–Crippen MR) is 134 cm³/mol. The molecular weight excluding hydrogens is 464 g/mol. The molecule has 1 fully saturated rings. The number of hydrogen-bond acceptors (Lipinski definition) is 9. The Hall–Kier alpha value is -3.73. The fourth-order valence-electron chi connectivity index (χ4n) is 4.08. The number of ether oxygens (including phenoxy) is 2. The number of nitrogens with zero attached hydrogens (tertiary/aromatic N) is 5. The lowest BCUT2D eigenvalue weighted by atomic mass is 9.68. The number of nitrogens with one attached hydrogen (secondary N) is 1. The molecule has 11 nitrogen and oxygen atoms in total. The number of carbonyl (C=O) groups excluding carboxylic acids is 2. The standard InChI is InChI=1S/C25H32N6O5/c1-24(2,3)36-23(33)30(5)20-13-19(28-17-8-7-11-26-22(17)35-6)29-21-16(14-27-31(20)21)18(32)12-15-9-10-25(15,4)34/h7-8,11,13-15,34H,9-10,12H2,1-6H3,(H,28,29)/t15-,25-/m1/s1. The quantitative estimate of drug-likeness (QED) is 0.466. The highest BCUT2D eigenvalue weighted by Crippen LogP contribution is 2.41. The molecule has 0 saturated heterocycles. The Labute approximate surface area is 209 Å². The summed E-state index contributed by atoms with van der Waals surface area (Å²) in [5, 5.41) is 17.9. The molecule has 0 bridgehead atoms. The number of pyridine rings is 1. The summed E-state index contributed by atoms with van der Waals surface area (Å²) in [5.41, 5.74) is -0.416. The topological polar surface area (TPSA) is 131 Å². The van der Waals surface area contributed by atoms with Gasteiger partial charge in [-0.1, -0.05) is 0 Å². The lowest BCUT2D eigenvalue weighted by molar-refractivity contribution is -0.0773. The fourth-order valence-corrected chi connectivity index (χ4v) is 4.08. The Morgan fingerprint density at radius 1 is 1.36 bits per heavy atom. The van der Waals surface area contributed by atoms with Gasteiger partial charge in [-0.3, -0.25) is 9.69 Å². The summed E-state index contributed by atoms with van der Waals surface area (Å²) in [5.74, 6) is 0.756. The zero-order chi connectivity index (χ0) is 26.3. The molecular formula is C25H32N6O5. The molecule has 0 radical (unpaired) electrons. The second-order valence-electron chi connectivity index (χ2n) is 10.2. The zero-order valence-electron chi connectivity index (χ0n) is 21.4. The van der Waals surface area contributed by atoms with Crippen LogP contribution in [0.2, 0.25) is 0 Å². The number of fused-ring (bicyclic) bond motifs is 1. The maximum atomic E-state index is 13.2. The van der Waals surface area contributed by atoms with Crippen LogP contribution in [0.4, 0.5) is 22.1 Å². The normalized spacial score (nSPS) is 19.5. The third-order valence-corrected chi connectivity index (χ3v) is 6.30. The summed E-state index contributed by atoms with van der Waals surface area (Å²) in [6.07, 6.45) is 4.09. The highest BCUT2D eigenvalue weighted by molar-refractivity contribution is 6.02. The molecule has 4 rings (SSSR count). The van der Waals surface area contributed by atoms with E-state index in [1.807, 2.05) is 0 Å². The van der Waals surface area contributed by atoms with Crippen LogP contribution in [0.3, 0.4) is 0 Å². The van der Waals surface area contributed by atoms with Gasteiger partial charge in [0.2, 0.25) is 5.88 Å². The van der Waals surface area contributed by atoms with Crippen molar-refractivity contribution in [3.8, 4) is 5.88 Å². The summed E-state index contributed by atoms with van der Waals surface area (Å²) in [6.45, 7) is 7.09. The number of carbonyl (C=O) groups is 2. The van der Waals surface area contributed by atoms with E-state index in [-0.39, 0.29) is 23.8 Å². The number of rotatable bonds is 7. The van der Waals surface area contributed by atoms with E-state index >= 15 is 0 Å². The second-order valence-corrected chi connectivity index (χ2v) is 10.2. The van der Waals surface area contributed by atoms with Crippen LogP contribution in [0.1, 0.15) is 57.3 Å². The Morgan fingerprint density at radius 3 is 2.72 bits per heavy atom. The average molecular weight is 497 g/mol. The maximum absolute atomic E-state index is 13.2. The number of methoxy groups -OCH3 is 1. The van der Waals surface area contributed by atoms with Crippen molar-refractivity contribution in [1.82, 2.24) is 19.6 Å². The minimum Gasteiger partial charge on any atom is -0.480 e. The van der Waals surface area contributed by atoms with Crippen molar-refractivity contribution in [2.24, 2.45) is 5.92 Å². The van der Waals surface area contributed by atoms with E-state index in [9.17, 15) is 14.7 Å². The molecule has 0 spiro atoms. The van der Waals surface area contributed by atoms with Crippen LogP contribution in [0.25, 0.3) is 5.65 Å². The van der Waals surface area contributed by atoms with Gasteiger partial charge in [0.1, 0.15) is 22.9 Å². The Bertz CT molecular complexity index is 1300. The highest BCUT2D eigenvalue weighted by Gasteiger charge is 2.42. The third-order valence-electron chi connectivity index (χ3n) is 6.30. The van der Waals surface area contributed by atoms with Crippen LogP contribution in [0.5, 0.6) is 5.88 Å². The van der Waals surface area contributed by atoms with Crippen LogP contribution in [-0.4, -0.2) is 61.9 Å². The molecule has 192 valence electrons. The Kier molecular flexibility index (Phi) is 6.61. The van der Waals surface area contributed by atoms with Gasteiger partial charge in [-0.15, -0.1) is 0 Å². The summed E-state index contributed by atoms with van der Waals surface area (Å²) >= 11 is 0. The first kappa shape index (κ1) is 25.4. The molecule has 3 aromatic rings. The lowest BCUT2D eigenvalue weighted by Gasteiger charge is -2.42. The average Bonchev–Trinajstić information content (AvgIpc) is 3.24. The molecule has 0 unspecified atom stereocenters. The molecule has 3 heterocycles. The van der Waals surface area contributed by atoms with E-state index in [2.05, 4.69) is 20.4 Å². The number of amides is 1. The van der Waals surface area contributed by atoms with E-state index in [4.69, 9.17) is 9.47 Å². The first-order valence-corrected chi connectivity index (χ1v) is 11.8. The van der Waals surface area contributed by atoms with Gasteiger partial charge in [0, 0.05) is 25.7 Å². The van der Waals surface area contributed by atoms with Gasteiger partial charge in [0.15, 0.2) is 11.4 Å². The van der Waals surface area contributed by atoms with Gasteiger partial charge >= 0.3 is 6.09 Å². The van der Waals surface area contributed by atoms with Gasteiger partial charge in [-0.05, 0) is 58.6 Å². The summed E-state index contributed by atoms with van der Waals surface area (Å²) < 4.78 is 12.3. The van der Waals surface area contributed by atoms with E-state index in [0.717, 1.165) is 6.42 Å². The number of aliphatic hydroxyl groups is 1. The Morgan fingerprint density at radius 2 is 2.11 bits per heavy atom. The van der Waals surface area contributed by atoms with Crippen molar-refractivity contribution >= 4 is 34.8 Å². The van der Waals surface area contributed by atoms with Gasteiger partial charge in [-0.2, -0.15) is 9.61 Å². The number of aromatic nitrogens is 4. The Balaban J connectivity index is 1.76. The summed E-state index contributed by atoms with van der Waals surface area (Å²) in [6, 6.07) is 5.15. The van der Waals surface area contributed by atoms with Crippen LogP contribution < -0.4 is 15.0 Å². The first-order valence-electron chi connectivity index (χ1n) is 11.8. The monoisotopic (exact) mass is 496 g/mol. The molecule has 1 amide bonds. The van der Waals surface area contributed by atoms with Crippen LogP contribution in [0, 0.1) is 5.92 Å². The molecule has 11 heteroatoms. The van der Waals surface area contributed by atoms with Crippen molar-refractivity contribution in [2.75, 3.05) is 24.4 Å². The number of Topliss-reactive ketones (excluding diaryl/α,β-unsaturated/α-hetero) is 1. The van der Waals surface area contributed by atoms with E-state index in [1.165, 1.54) is 22.7 Å². The minimum atomic E-state index is -0.849. The van der Waals surface area contributed by atoms with Crippen LogP contribution in [0.15, 0.2) is 30.6 Å². The van der Waals surface area contributed by atoms with Crippen molar-refractivity contribution in [1.29, 1.82) is 0 Å². The van der Waals surface area contributed by atoms with Gasteiger partial charge < -0.3 is 19.9 Å². The molecule has 1 saturated carbocycles. The molecule has 2 atom stereocenters. The SMILES string of the molecule is COc1ncccc1Nc1cc(N(C)C(=O)OC(C)(C)C)n2ncc(C(=O)C[C@H]3CC[C@@]3(C)O)c2n1. The molecule has 3 aromatic heterocycles. The lowest BCUT2D eigenvalue weighted by Crippen LogP contribution is -2.45. The van der Waals surface area contributed by atoms with E-state index in [1.54, 1.807) is 59.1 Å². The van der Waals surface area contributed by atoms with Crippen molar-refractivity contribution in [2.45, 2.75) is 58.2 Å². The molecule has 1 aliphatic carbocycles. The number of ketones is 1. The van der Waals surface area contributed by atoms with Crippen LogP contribution >= 0.6 is 0 Å². The minimum absolute atomic E-state index is 0.121. The summed E-state index contributed by atoms with van der Waals surface area (Å²) in [4.78, 5) is 36.2. The van der Waals surface area contributed by atoms with Gasteiger partial charge in [-0.25, -0.2) is 14.8 Å². The molecule has 2 N–H and O–H groups in total. The first-order chi connectivity index (χ1) is 16.9. The van der Waals surface area contributed by atoms with Crippen molar-refractivity contribution in [3.63, 3.8) is 0 Å². The number of anilines is 3. The molecule has 1 aliphatic rings. The summed E-state index contributed by atoms with van der Waals surface area (Å²) in [7, 11) is 3.07. The number of hydrogen-bond donors (Lipinski definition) is 2. The van der Waals surface area contributed by atoms with Crippen molar-refractivity contribution < 1.29 is 24.2 Å². The molecule has 0 aliphatic heterocycles. The predicted octanol–water partition coefficient (Wildman–Crippen LogP) is 3.98. The maximum Gasteiger partial charge on any atom is 0.415 e. The van der Waals surface area contributed by atoms with E-state index < -0.39 is 17.3 Å². The zero-order valence-corrected chi connectivity index (χ0v) is 21.4. The molecule has 0 aromatic carbocycles. The van der Waals surface area contributed by atoms with Crippen LogP contribution in [-0.2, 0) is 4.74 Å². The van der Waals surface area contributed by atoms with E-state index in [0.29, 0.717) is 35.2 Å². The fraction of sp³-hybridized carbons (Fsp3) is 0.480. The van der Waals surface area contributed by atoms with Gasteiger partial charge in [0.25, 0.3) is 0 Å². The second kappa shape index (κ2) is 9.38. The molecule has 36 heavy (non-hydrogen) atoms. The smallest absolute Gasteiger partial charge is 0.415 e. The van der Waals surface area contributed by atoms with Crippen molar-refractivity contribution in [3.05, 3.63) is 36.2 Å². The largest absolute Gasteiger partial charge is 0.480 e.